The maximum absolute atomic E-state index is 11.9. The summed E-state index contributed by atoms with van der Waals surface area (Å²) in [6.07, 6.45) is 1.96. The van der Waals surface area contributed by atoms with Crippen LogP contribution in [0.3, 0.4) is 0 Å². The number of nitrogens with one attached hydrogen (secondary N) is 1. The van der Waals surface area contributed by atoms with Crippen LogP contribution < -0.4 is 5.32 Å². The minimum absolute atomic E-state index is 0.0531. The Labute approximate surface area is 120 Å². The van der Waals surface area contributed by atoms with Gasteiger partial charge < -0.3 is 9.88 Å². The molecule has 0 bridgehead atoms. The standard InChI is InChI=1S/C11H10Br2N2OS/c1-15-4-2-3-7(15)6-14-11(16)9-5-8(12)10(13)17-9/h2-5H,6H2,1H3,(H,14,16). The van der Waals surface area contributed by atoms with Gasteiger partial charge in [-0.1, -0.05) is 0 Å². The molecule has 0 saturated heterocycles. The minimum atomic E-state index is -0.0531. The molecule has 0 fully saturated rings. The van der Waals surface area contributed by atoms with Gasteiger partial charge >= 0.3 is 0 Å². The first-order chi connectivity index (χ1) is 8.08. The number of thiophene rings is 1. The summed E-state index contributed by atoms with van der Waals surface area (Å²) in [6, 6.07) is 5.76. The van der Waals surface area contributed by atoms with Gasteiger partial charge in [0.1, 0.15) is 0 Å². The molecule has 0 radical (unpaired) electrons. The summed E-state index contributed by atoms with van der Waals surface area (Å²) in [5.74, 6) is -0.0531. The Kier molecular flexibility index (Phi) is 4.06. The largest absolute Gasteiger partial charge is 0.353 e. The molecule has 0 aliphatic carbocycles. The second-order valence-corrected chi connectivity index (χ2v) is 6.75. The van der Waals surface area contributed by atoms with Crippen molar-refractivity contribution in [3.05, 3.63) is 43.2 Å². The van der Waals surface area contributed by atoms with Crippen molar-refractivity contribution in [1.82, 2.24) is 9.88 Å². The first kappa shape index (κ1) is 12.9. The van der Waals surface area contributed by atoms with Crippen LogP contribution in [0, 0.1) is 0 Å². The van der Waals surface area contributed by atoms with Crippen LogP contribution in [-0.2, 0) is 13.6 Å². The number of hydrogen-bond donors (Lipinski definition) is 1. The highest BCUT2D eigenvalue weighted by Crippen LogP contribution is 2.32. The molecule has 2 aromatic rings. The van der Waals surface area contributed by atoms with E-state index in [9.17, 15) is 4.79 Å². The van der Waals surface area contributed by atoms with Gasteiger partial charge in [0.15, 0.2) is 0 Å². The highest BCUT2D eigenvalue weighted by Gasteiger charge is 2.11. The van der Waals surface area contributed by atoms with E-state index in [1.54, 1.807) is 0 Å². The molecule has 2 aromatic heterocycles. The molecule has 0 atom stereocenters. The van der Waals surface area contributed by atoms with Crippen molar-refractivity contribution in [2.75, 3.05) is 0 Å². The van der Waals surface area contributed by atoms with Crippen molar-refractivity contribution >= 4 is 49.1 Å². The van der Waals surface area contributed by atoms with Crippen molar-refractivity contribution < 1.29 is 4.79 Å². The Morgan fingerprint density at radius 2 is 2.29 bits per heavy atom. The van der Waals surface area contributed by atoms with Crippen LogP contribution in [0.25, 0.3) is 0 Å². The molecule has 2 heterocycles. The van der Waals surface area contributed by atoms with Crippen LogP contribution in [0.1, 0.15) is 15.4 Å². The maximum atomic E-state index is 11.9. The zero-order valence-corrected chi connectivity index (χ0v) is 13.0. The average Bonchev–Trinajstić information content (AvgIpc) is 2.83. The Morgan fingerprint density at radius 1 is 1.53 bits per heavy atom. The molecule has 0 saturated carbocycles. The second kappa shape index (κ2) is 5.37. The third kappa shape index (κ3) is 3.00. The van der Waals surface area contributed by atoms with Crippen LogP contribution in [0.2, 0.25) is 0 Å². The summed E-state index contributed by atoms with van der Waals surface area (Å²) in [5.41, 5.74) is 1.08. The number of halogens is 2. The molecular weight excluding hydrogens is 368 g/mol. The van der Waals surface area contributed by atoms with E-state index in [2.05, 4.69) is 37.2 Å². The molecule has 0 aliphatic heterocycles. The van der Waals surface area contributed by atoms with E-state index in [0.717, 1.165) is 14.0 Å². The number of carbonyl (C=O) groups is 1. The highest BCUT2D eigenvalue weighted by atomic mass is 79.9. The van der Waals surface area contributed by atoms with Gasteiger partial charge in [-0.2, -0.15) is 0 Å². The van der Waals surface area contributed by atoms with E-state index in [1.165, 1.54) is 11.3 Å². The van der Waals surface area contributed by atoms with Crippen molar-refractivity contribution in [2.24, 2.45) is 7.05 Å². The lowest BCUT2D eigenvalue weighted by Crippen LogP contribution is -2.22. The number of rotatable bonds is 3. The zero-order valence-electron chi connectivity index (χ0n) is 9.04. The minimum Gasteiger partial charge on any atom is -0.353 e. The molecule has 90 valence electrons. The number of nitrogens with zero attached hydrogens (tertiary/aromatic N) is 1. The van der Waals surface area contributed by atoms with Gasteiger partial charge in [0.25, 0.3) is 5.91 Å². The van der Waals surface area contributed by atoms with Crippen molar-refractivity contribution in [1.29, 1.82) is 0 Å². The molecule has 17 heavy (non-hydrogen) atoms. The lowest BCUT2D eigenvalue weighted by atomic mass is 10.4. The van der Waals surface area contributed by atoms with E-state index in [-0.39, 0.29) is 5.91 Å². The van der Waals surface area contributed by atoms with Gasteiger partial charge in [-0.3, -0.25) is 4.79 Å². The van der Waals surface area contributed by atoms with E-state index in [4.69, 9.17) is 0 Å². The van der Waals surface area contributed by atoms with E-state index in [1.807, 2.05) is 36.0 Å². The summed E-state index contributed by atoms with van der Waals surface area (Å²) in [7, 11) is 1.96. The quantitative estimate of drug-likeness (QED) is 0.871. The second-order valence-electron chi connectivity index (χ2n) is 3.53. The van der Waals surface area contributed by atoms with Crippen LogP contribution in [0.4, 0.5) is 0 Å². The van der Waals surface area contributed by atoms with Crippen LogP contribution >= 0.6 is 43.2 Å². The molecule has 0 aliphatic rings. The van der Waals surface area contributed by atoms with E-state index < -0.39 is 0 Å². The summed E-state index contributed by atoms with van der Waals surface area (Å²) < 4.78 is 3.83. The zero-order chi connectivity index (χ0) is 12.4. The van der Waals surface area contributed by atoms with Gasteiger partial charge in [0, 0.05) is 23.4 Å². The van der Waals surface area contributed by atoms with Crippen molar-refractivity contribution in [3.8, 4) is 0 Å². The van der Waals surface area contributed by atoms with Gasteiger partial charge in [-0.25, -0.2) is 0 Å². The topological polar surface area (TPSA) is 34.0 Å². The summed E-state index contributed by atoms with van der Waals surface area (Å²) in [6.45, 7) is 0.537. The monoisotopic (exact) mass is 376 g/mol. The number of amides is 1. The van der Waals surface area contributed by atoms with Crippen molar-refractivity contribution in [2.45, 2.75) is 6.54 Å². The average molecular weight is 378 g/mol. The summed E-state index contributed by atoms with van der Waals surface area (Å²) >= 11 is 8.15. The lowest BCUT2D eigenvalue weighted by molar-refractivity contribution is 0.0954. The van der Waals surface area contributed by atoms with Gasteiger partial charge in [0.2, 0.25) is 0 Å². The van der Waals surface area contributed by atoms with Crippen LogP contribution in [0.5, 0.6) is 0 Å². The predicted molar refractivity (Wildman–Crippen MR) is 76.3 cm³/mol. The molecule has 1 N–H and O–H groups in total. The van der Waals surface area contributed by atoms with E-state index >= 15 is 0 Å². The Balaban J connectivity index is 2.00. The fraction of sp³-hybridized carbons (Fsp3) is 0.182. The molecule has 0 aromatic carbocycles. The Hall–Kier alpha value is -0.590. The third-order valence-corrected chi connectivity index (χ3v) is 5.61. The first-order valence-electron chi connectivity index (χ1n) is 4.91. The molecular formula is C11H10Br2N2OS. The lowest BCUT2D eigenvalue weighted by Gasteiger charge is -2.04. The number of aryl methyl sites for hydroxylation is 1. The summed E-state index contributed by atoms with van der Waals surface area (Å²) in [5, 5.41) is 2.89. The predicted octanol–water partition coefficient (Wildman–Crippen LogP) is 3.54. The number of hydrogen-bond acceptors (Lipinski definition) is 2. The smallest absolute Gasteiger partial charge is 0.261 e. The first-order valence-corrected chi connectivity index (χ1v) is 7.31. The van der Waals surface area contributed by atoms with Crippen LogP contribution in [-0.4, -0.2) is 10.5 Å². The molecule has 0 spiro atoms. The van der Waals surface area contributed by atoms with Gasteiger partial charge in [-0.05, 0) is 50.1 Å². The third-order valence-electron chi connectivity index (χ3n) is 2.35. The van der Waals surface area contributed by atoms with Gasteiger partial charge in [0.05, 0.1) is 15.2 Å². The van der Waals surface area contributed by atoms with Crippen LogP contribution in [0.15, 0.2) is 32.7 Å². The fourth-order valence-corrected chi connectivity index (χ4v) is 3.35. The number of carbonyl (C=O) groups excluding carboxylic acids is 1. The normalized spacial score (nSPS) is 10.5. The Morgan fingerprint density at radius 3 is 2.82 bits per heavy atom. The molecule has 3 nitrogen and oxygen atoms in total. The molecule has 6 heteroatoms. The summed E-state index contributed by atoms with van der Waals surface area (Å²) in [4.78, 5) is 12.6. The van der Waals surface area contributed by atoms with Gasteiger partial charge in [-0.15, -0.1) is 11.3 Å². The molecule has 2 rings (SSSR count). The Bertz CT molecular complexity index is 528. The van der Waals surface area contributed by atoms with E-state index in [0.29, 0.717) is 11.4 Å². The fourth-order valence-electron chi connectivity index (χ4n) is 1.40. The highest BCUT2D eigenvalue weighted by molar-refractivity contribution is 9.13. The molecule has 1 amide bonds. The van der Waals surface area contributed by atoms with Crippen molar-refractivity contribution in [3.63, 3.8) is 0 Å². The molecule has 0 unspecified atom stereocenters. The number of aromatic nitrogens is 1. The SMILES string of the molecule is Cn1cccc1CNC(=O)c1cc(Br)c(Br)s1. The maximum Gasteiger partial charge on any atom is 0.261 e.